The Labute approximate surface area is 228 Å². The standard InChI is InChI=1S/C36H28BP/c38-36-33(37(30-22-12-4-13-23-30)31-24-14-5-15-25-31)26-32(27-16-6-1-7-17-27)34(28-18-8-2-9-19-28)35(36)29-20-10-3-11-21-29/h1-26H,38H2. The van der Waals surface area contributed by atoms with Crippen LogP contribution in [0.1, 0.15) is 0 Å². The highest BCUT2D eigenvalue weighted by atomic mass is 31.0. The Hall–Kier alpha value is -4.19. The number of benzene rings is 6. The van der Waals surface area contributed by atoms with E-state index >= 15 is 0 Å². The summed E-state index contributed by atoms with van der Waals surface area (Å²) in [5.41, 5.74) is 11.3. The molecule has 0 heterocycles. The molecule has 0 saturated carbocycles. The van der Waals surface area contributed by atoms with Crippen molar-refractivity contribution in [2.24, 2.45) is 0 Å². The van der Waals surface area contributed by atoms with Crippen molar-refractivity contribution in [2.45, 2.75) is 0 Å². The Balaban J connectivity index is 1.75. The summed E-state index contributed by atoms with van der Waals surface area (Å²) in [4.78, 5) is 0. The van der Waals surface area contributed by atoms with E-state index < -0.39 is 0 Å². The minimum atomic E-state index is 0.0969. The summed E-state index contributed by atoms with van der Waals surface area (Å²) in [7, 11) is 3.13. The lowest BCUT2D eigenvalue weighted by Crippen LogP contribution is -2.56. The number of rotatable bonds is 6. The van der Waals surface area contributed by atoms with Gasteiger partial charge in [-0.15, -0.1) is 9.24 Å². The Morgan fingerprint density at radius 1 is 0.395 bits per heavy atom. The highest BCUT2D eigenvalue weighted by Crippen LogP contribution is 2.39. The molecule has 6 aromatic rings. The summed E-state index contributed by atoms with van der Waals surface area (Å²) in [5, 5.41) is 1.23. The molecule has 38 heavy (non-hydrogen) atoms. The third-order valence-corrected chi connectivity index (χ3v) is 7.81. The fourth-order valence-electron chi connectivity index (χ4n) is 5.46. The van der Waals surface area contributed by atoms with E-state index in [-0.39, 0.29) is 6.71 Å². The molecule has 0 amide bonds. The minimum Gasteiger partial charge on any atom is -0.106 e. The monoisotopic (exact) mass is 502 g/mol. The van der Waals surface area contributed by atoms with Crippen molar-refractivity contribution < 1.29 is 0 Å². The molecule has 2 heteroatoms. The van der Waals surface area contributed by atoms with Gasteiger partial charge in [0.15, 0.2) is 0 Å². The summed E-state index contributed by atoms with van der Waals surface area (Å²) < 4.78 is 0. The second kappa shape index (κ2) is 11.1. The van der Waals surface area contributed by atoms with Crippen LogP contribution >= 0.6 is 9.24 Å². The molecule has 6 aromatic carbocycles. The van der Waals surface area contributed by atoms with Gasteiger partial charge in [-0.25, -0.2) is 0 Å². The normalized spacial score (nSPS) is 10.8. The summed E-state index contributed by atoms with van der Waals surface area (Å²) in [6, 6.07) is 56.6. The van der Waals surface area contributed by atoms with Crippen LogP contribution in [0, 0.1) is 0 Å². The predicted octanol–water partition coefficient (Wildman–Crippen LogP) is 6.70. The predicted molar refractivity (Wildman–Crippen MR) is 170 cm³/mol. The molecule has 0 aliphatic rings. The van der Waals surface area contributed by atoms with Crippen molar-refractivity contribution in [1.82, 2.24) is 0 Å². The van der Waals surface area contributed by atoms with Gasteiger partial charge in [0, 0.05) is 0 Å². The maximum atomic E-state index is 3.13. The Kier molecular flexibility index (Phi) is 7.03. The van der Waals surface area contributed by atoms with Gasteiger partial charge < -0.3 is 0 Å². The van der Waals surface area contributed by atoms with Crippen LogP contribution in [-0.4, -0.2) is 6.71 Å². The van der Waals surface area contributed by atoms with Crippen LogP contribution in [0.3, 0.4) is 0 Å². The lowest BCUT2D eigenvalue weighted by molar-refractivity contribution is 1.58. The van der Waals surface area contributed by atoms with Gasteiger partial charge in [0.05, 0.1) is 0 Å². The highest BCUT2D eigenvalue weighted by molar-refractivity contribution is 7.30. The largest absolute Gasteiger partial charge is 0.242 e. The first-order valence-corrected chi connectivity index (χ1v) is 13.6. The molecule has 0 bridgehead atoms. The first kappa shape index (κ1) is 24.2. The molecule has 0 aliphatic heterocycles. The molecule has 0 fully saturated rings. The Morgan fingerprint density at radius 3 is 1.21 bits per heavy atom. The van der Waals surface area contributed by atoms with Gasteiger partial charge in [0.2, 0.25) is 6.71 Å². The van der Waals surface area contributed by atoms with Gasteiger partial charge in [0.1, 0.15) is 0 Å². The average Bonchev–Trinajstić information content (AvgIpc) is 3.00. The van der Waals surface area contributed by atoms with Crippen molar-refractivity contribution in [2.75, 3.05) is 0 Å². The van der Waals surface area contributed by atoms with Gasteiger partial charge in [-0.1, -0.05) is 174 Å². The van der Waals surface area contributed by atoms with E-state index in [1.54, 1.807) is 0 Å². The fourth-order valence-corrected chi connectivity index (χ4v) is 6.02. The van der Waals surface area contributed by atoms with E-state index in [0.717, 1.165) is 0 Å². The van der Waals surface area contributed by atoms with Crippen LogP contribution in [0.25, 0.3) is 33.4 Å². The number of hydrogen-bond donors (Lipinski definition) is 0. The first-order chi connectivity index (χ1) is 18.8. The number of hydrogen-bond acceptors (Lipinski definition) is 0. The van der Waals surface area contributed by atoms with Gasteiger partial charge >= 0.3 is 0 Å². The molecule has 0 aromatic heterocycles. The molecule has 0 saturated heterocycles. The van der Waals surface area contributed by atoms with Crippen molar-refractivity contribution in [1.29, 1.82) is 0 Å². The van der Waals surface area contributed by atoms with Crippen molar-refractivity contribution in [3.8, 4) is 33.4 Å². The van der Waals surface area contributed by atoms with Crippen molar-refractivity contribution in [3.05, 3.63) is 158 Å². The molecule has 0 spiro atoms. The third-order valence-electron chi connectivity index (χ3n) is 7.19. The maximum absolute atomic E-state index is 3.13. The smallest absolute Gasteiger partial charge is 0.106 e. The summed E-state index contributed by atoms with van der Waals surface area (Å²) in [5.74, 6) is 0. The molecule has 0 radical (unpaired) electrons. The molecule has 1 unspecified atom stereocenters. The second-order valence-electron chi connectivity index (χ2n) is 9.53. The fraction of sp³-hybridized carbons (Fsp3) is 0. The molecule has 1 atom stereocenters. The zero-order chi connectivity index (χ0) is 25.7. The van der Waals surface area contributed by atoms with E-state index in [0.29, 0.717) is 0 Å². The molecular weight excluding hydrogens is 474 g/mol. The zero-order valence-electron chi connectivity index (χ0n) is 21.2. The minimum absolute atomic E-state index is 0.0969. The van der Waals surface area contributed by atoms with Crippen LogP contribution < -0.4 is 21.7 Å². The van der Waals surface area contributed by atoms with Crippen LogP contribution in [0.4, 0.5) is 0 Å². The second-order valence-corrected chi connectivity index (χ2v) is 10.1. The average molecular weight is 502 g/mol. The Bertz CT molecular complexity index is 1590. The summed E-state index contributed by atoms with van der Waals surface area (Å²) >= 11 is 0. The molecular formula is C36H28BP. The van der Waals surface area contributed by atoms with Gasteiger partial charge in [-0.05, 0) is 38.7 Å². The molecule has 0 aliphatic carbocycles. The first-order valence-electron chi connectivity index (χ1n) is 13.0. The van der Waals surface area contributed by atoms with Crippen LogP contribution in [-0.2, 0) is 0 Å². The maximum Gasteiger partial charge on any atom is 0.242 e. The Morgan fingerprint density at radius 2 is 0.763 bits per heavy atom. The van der Waals surface area contributed by atoms with Gasteiger partial charge in [-0.2, -0.15) is 0 Å². The lowest BCUT2D eigenvalue weighted by Gasteiger charge is -2.25. The third kappa shape index (κ3) is 4.74. The van der Waals surface area contributed by atoms with Crippen molar-refractivity contribution in [3.63, 3.8) is 0 Å². The zero-order valence-corrected chi connectivity index (χ0v) is 22.3. The quantitative estimate of drug-likeness (QED) is 0.176. The SMILES string of the molecule is Pc1c(B(c2ccccc2)c2ccccc2)cc(-c2ccccc2)c(-c2ccccc2)c1-c1ccccc1. The van der Waals surface area contributed by atoms with E-state index in [9.17, 15) is 0 Å². The van der Waals surface area contributed by atoms with Crippen LogP contribution in [0.2, 0.25) is 0 Å². The van der Waals surface area contributed by atoms with Crippen molar-refractivity contribution >= 4 is 37.6 Å². The van der Waals surface area contributed by atoms with Gasteiger partial charge in [0.25, 0.3) is 0 Å². The van der Waals surface area contributed by atoms with E-state index in [4.69, 9.17) is 0 Å². The lowest BCUT2D eigenvalue weighted by atomic mass is 9.36. The topological polar surface area (TPSA) is 0 Å². The highest BCUT2D eigenvalue weighted by Gasteiger charge is 2.28. The molecule has 0 nitrogen and oxygen atoms in total. The molecule has 6 rings (SSSR count). The summed E-state index contributed by atoms with van der Waals surface area (Å²) in [6.07, 6.45) is 0. The molecule has 0 N–H and O–H groups in total. The van der Waals surface area contributed by atoms with E-state index in [1.165, 1.54) is 55.1 Å². The van der Waals surface area contributed by atoms with E-state index in [1.807, 2.05) is 0 Å². The van der Waals surface area contributed by atoms with Crippen LogP contribution in [0.15, 0.2) is 158 Å². The van der Waals surface area contributed by atoms with Crippen LogP contribution in [0.5, 0.6) is 0 Å². The van der Waals surface area contributed by atoms with Gasteiger partial charge in [-0.3, -0.25) is 0 Å². The van der Waals surface area contributed by atoms with E-state index in [2.05, 4.69) is 167 Å². The molecule has 180 valence electrons. The summed E-state index contributed by atoms with van der Waals surface area (Å²) in [6.45, 7) is 0.0969.